The largest absolute Gasteiger partial charge is 0.321 e. The van der Waals surface area contributed by atoms with Gasteiger partial charge in [-0.1, -0.05) is 15.9 Å². The van der Waals surface area contributed by atoms with Crippen molar-refractivity contribution in [3.05, 3.63) is 50.8 Å². The highest BCUT2D eigenvalue weighted by Gasteiger charge is 2.16. The Kier molecular flexibility index (Phi) is 4.69. The van der Waals surface area contributed by atoms with E-state index in [0.29, 0.717) is 10.2 Å². The van der Waals surface area contributed by atoms with Crippen LogP contribution in [-0.2, 0) is 0 Å². The molecule has 0 aliphatic rings. The third-order valence-electron chi connectivity index (χ3n) is 2.45. The van der Waals surface area contributed by atoms with Crippen molar-refractivity contribution in [3.8, 4) is 0 Å². The van der Waals surface area contributed by atoms with Crippen molar-refractivity contribution in [2.75, 3.05) is 10.7 Å². The number of aromatic nitrogens is 1. The van der Waals surface area contributed by atoms with E-state index in [1.807, 2.05) is 0 Å². The highest BCUT2D eigenvalue weighted by molar-refractivity contribution is 9.11. The molecule has 0 aliphatic heterocycles. The number of nitrogens with one attached hydrogen (secondary N) is 2. The molecule has 4 N–H and O–H groups in total. The summed E-state index contributed by atoms with van der Waals surface area (Å²) < 4.78 is 15.4. The quantitative estimate of drug-likeness (QED) is 0.542. The average molecular weight is 404 g/mol. The fourth-order valence-electron chi connectivity index (χ4n) is 1.50. The Morgan fingerprint density at radius 2 is 2.05 bits per heavy atom. The molecule has 0 saturated heterocycles. The van der Waals surface area contributed by atoms with Crippen LogP contribution in [0.15, 0.2) is 39.4 Å². The van der Waals surface area contributed by atoms with Crippen LogP contribution >= 0.6 is 31.9 Å². The van der Waals surface area contributed by atoms with Gasteiger partial charge >= 0.3 is 0 Å². The summed E-state index contributed by atoms with van der Waals surface area (Å²) in [6.45, 7) is 0. The molecule has 0 radical (unpaired) electrons. The Morgan fingerprint density at radius 3 is 2.70 bits per heavy atom. The van der Waals surface area contributed by atoms with Crippen LogP contribution in [0.3, 0.4) is 0 Å². The Hall–Kier alpha value is -1.51. The third-order valence-corrected chi connectivity index (χ3v) is 3.60. The first-order chi connectivity index (χ1) is 9.52. The van der Waals surface area contributed by atoms with E-state index in [4.69, 9.17) is 5.84 Å². The van der Waals surface area contributed by atoms with Gasteiger partial charge in [-0.25, -0.2) is 15.2 Å². The number of carbonyl (C=O) groups excluding carboxylic acids is 1. The van der Waals surface area contributed by atoms with Crippen LogP contribution in [0.5, 0.6) is 0 Å². The van der Waals surface area contributed by atoms with Gasteiger partial charge in [-0.3, -0.25) is 4.79 Å². The number of nitrogen functional groups attached to an aromatic ring is 1. The number of amides is 1. The second-order valence-corrected chi connectivity index (χ2v) is 5.51. The van der Waals surface area contributed by atoms with E-state index in [1.54, 1.807) is 18.2 Å². The van der Waals surface area contributed by atoms with Gasteiger partial charge in [0, 0.05) is 15.1 Å². The fourth-order valence-corrected chi connectivity index (χ4v) is 2.65. The van der Waals surface area contributed by atoms with Crippen molar-refractivity contribution in [1.82, 2.24) is 4.98 Å². The zero-order chi connectivity index (χ0) is 14.7. The van der Waals surface area contributed by atoms with Gasteiger partial charge in [-0.15, -0.1) is 0 Å². The van der Waals surface area contributed by atoms with Crippen LogP contribution in [0.1, 0.15) is 10.4 Å². The first-order valence-electron chi connectivity index (χ1n) is 5.40. The Bertz CT molecular complexity index is 666. The molecule has 104 valence electrons. The van der Waals surface area contributed by atoms with E-state index in [0.717, 1.165) is 4.47 Å². The number of pyridine rings is 1. The van der Waals surface area contributed by atoms with Gasteiger partial charge in [0.2, 0.25) is 0 Å². The predicted molar refractivity (Wildman–Crippen MR) is 81.8 cm³/mol. The van der Waals surface area contributed by atoms with E-state index in [2.05, 4.69) is 47.6 Å². The number of hydrogen-bond donors (Lipinski definition) is 3. The Balaban J connectivity index is 2.28. The van der Waals surface area contributed by atoms with E-state index in [9.17, 15) is 9.18 Å². The summed E-state index contributed by atoms with van der Waals surface area (Å²) in [5, 5.41) is 2.60. The van der Waals surface area contributed by atoms with Crippen molar-refractivity contribution in [2.24, 2.45) is 5.84 Å². The molecule has 0 atom stereocenters. The minimum Gasteiger partial charge on any atom is -0.321 e. The van der Waals surface area contributed by atoms with Gasteiger partial charge < -0.3 is 10.7 Å². The standard InChI is InChI=1S/C12H9Br2FN4O/c13-6-1-2-9(8(14)5-6)18-12(20)7-3-4-17-11(19-16)10(7)15/h1-5H,16H2,(H,17,19)(H,18,20). The first kappa shape index (κ1) is 14.9. The van der Waals surface area contributed by atoms with Crippen LogP contribution in [0.4, 0.5) is 15.9 Å². The number of nitrogens with two attached hydrogens (primary N) is 1. The lowest BCUT2D eigenvalue weighted by molar-refractivity contribution is 0.102. The lowest BCUT2D eigenvalue weighted by Crippen LogP contribution is -2.17. The number of rotatable bonds is 3. The summed E-state index contributed by atoms with van der Waals surface area (Å²) >= 11 is 6.62. The van der Waals surface area contributed by atoms with E-state index in [1.165, 1.54) is 12.3 Å². The van der Waals surface area contributed by atoms with E-state index in [-0.39, 0.29) is 11.4 Å². The van der Waals surface area contributed by atoms with Gasteiger partial charge in [0.15, 0.2) is 11.6 Å². The summed E-state index contributed by atoms with van der Waals surface area (Å²) in [5.41, 5.74) is 2.47. The molecule has 20 heavy (non-hydrogen) atoms. The summed E-state index contributed by atoms with van der Waals surface area (Å²) in [4.78, 5) is 15.7. The predicted octanol–water partition coefficient (Wildman–Crippen LogP) is 3.28. The molecule has 0 fully saturated rings. The number of benzene rings is 1. The molecular weight excluding hydrogens is 395 g/mol. The second kappa shape index (κ2) is 6.29. The zero-order valence-electron chi connectivity index (χ0n) is 9.95. The molecule has 2 aromatic rings. The monoisotopic (exact) mass is 402 g/mol. The van der Waals surface area contributed by atoms with Gasteiger partial charge in [0.25, 0.3) is 5.91 Å². The topological polar surface area (TPSA) is 80.0 Å². The fraction of sp³-hybridized carbons (Fsp3) is 0. The maximum atomic E-state index is 13.9. The van der Waals surface area contributed by atoms with Crippen LogP contribution in [-0.4, -0.2) is 10.9 Å². The van der Waals surface area contributed by atoms with Crippen LogP contribution in [0.2, 0.25) is 0 Å². The normalized spacial score (nSPS) is 10.2. The Labute approximate surface area is 131 Å². The van der Waals surface area contributed by atoms with Crippen LogP contribution in [0.25, 0.3) is 0 Å². The zero-order valence-corrected chi connectivity index (χ0v) is 13.1. The summed E-state index contributed by atoms with van der Waals surface area (Å²) in [7, 11) is 0. The molecule has 5 nitrogen and oxygen atoms in total. The summed E-state index contributed by atoms with van der Waals surface area (Å²) in [6, 6.07) is 6.49. The number of halogens is 3. The molecule has 0 spiro atoms. The molecule has 1 amide bonds. The first-order valence-corrected chi connectivity index (χ1v) is 6.99. The molecule has 1 aromatic carbocycles. The van der Waals surface area contributed by atoms with Gasteiger partial charge in [-0.2, -0.15) is 0 Å². The Morgan fingerprint density at radius 1 is 1.30 bits per heavy atom. The van der Waals surface area contributed by atoms with Crippen molar-refractivity contribution in [3.63, 3.8) is 0 Å². The van der Waals surface area contributed by atoms with Crippen molar-refractivity contribution in [1.29, 1.82) is 0 Å². The molecule has 1 aromatic heterocycles. The van der Waals surface area contributed by atoms with Crippen molar-refractivity contribution < 1.29 is 9.18 Å². The number of hydrogen-bond acceptors (Lipinski definition) is 4. The van der Waals surface area contributed by atoms with Gasteiger partial charge in [0.05, 0.1) is 11.3 Å². The van der Waals surface area contributed by atoms with Gasteiger partial charge in [0.1, 0.15) is 0 Å². The van der Waals surface area contributed by atoms with Gasteiger partial charge in [-0.05, 0) is 40.2 Å². The maximum absolute atomic E-state index is 13.9. The molecule has 0 unspecified atom stereocenters. The third kappa shape index (κ3) is 3.14. The SMILES string of the molecule is NNc1nccc(C(=O)Nc2ccc(Br)cc2Br)c1F. The molecule has 0 aliphatic carbocycles. The minimum atomic E-state index is -0.805. The molecular formula is C12H9Br2FN4O. The van der Waals surface area contributed by atoms with Crippen LogP contribution < -0.4 is 16.6 Å². The van der Waals surface area contributed by atoms with Crippen molar-refractivity contribution in [2.45, 2.75) is 0 Å². The van der Waals surface area contributed by atoms with E-state index >= 15 is 0 Å². The molecule has 2 rings (SSSR count). The lowest BCUT2D eigenvalue weighted by Gasteiger charge is -2.09. The number of anilines is 2. The number of nitrogens with zero attached hydrogens (tertiary/aromatic N) is 1. The molecule has 1 heterocycles. The second-order valence-electron chi connectivity index (χ2n) is 3.74. The lowest BCUT2D eigenvalue weighted by atomic mass is 10.2. The summed E-state index contributed by atoms with van der Waals surface area (Å²) in [5.74, 6) is 3.53. The molecule has 0 bridgehead atoms. The smallest absolute Gasteiger partial charge is 0.258 e. The minimum absolute atomic E-state index is 0.150. The average Bonchev–Trinajstić information content (AvgIpc) is 2.42. The van der Waals surface area contributed by atoms with Crippen LogP contribution in [0, 0.1) is 5.82 Å². The number of hydrazine groups is 1. The van der Waals surface area contributed by atoms with E-state index < -0.39 is 11.7 Å². The highest BCUT2D eigenvalue weighted by Crippen LogP contribution is 2.27. The van der Waals surface area contributed by atoms with Crippen molar-refractivity contribution >= 4 is 49.3 Å². The maximum Gasteiger partial charge on any atom is 0.258 e. The number of carbonyl (C=O) groups is 1. The highest BCUT2D eigenvalue weighted by atomic mass is 79.9. The molecule has 8 heteroatoms. The summed E-state index contributed by atoms with van der Waals surface area (Å²) in [6.07, 6.45) is 1.30. The molecule has 0 saturated carbocycles.